The molecule has 0 aromatic heterocycles. The van der Waals surface area contributed by atoms with Gasteiger partial charge in [0.15, 0.2) is 0 Å². The van der Waals surface area contributed by atoms with Crippen LogP contribution in [0.1, 0.15) is 5.56 Å². The van der Waals surface area contributed by atoms with E-state index in [2.05, 4.69) is 74.8 Å². The zero-order valence-corrected chi connectivity index (χ0v) is 13.8. The van der Waals surface area contributed by atoms with Gasteiger partial charge in [-0.15, -0.1) is 0 Å². The van der Waals surface area contributed by atoms with Crippen molar-refractivity contribution < 1.29 is 0 Å². The number of nitrogens with zero attached hydrogens (tertiary/aromatic N) is 2. The molecule has 1 aromatic carbocycles. The quantitative estimate of drug-likeness (QED) is 0.727. The molecule has 0 spiro atoms. The molecule has 0 aliphatic carbocycles. The molecule has 0 saturated carbocycles. The molecule has 102 valence electrons. The van der Waals surface area contributed by atoms with E-state index in [9.17, 15) is 0 Å². The van der Waals surface area contributed by atoms with Gasteiger partial charge in [-0.3, -0.25) is 0 Å². The average Bonchev–Trinajstić information content (AvgIpc) is 2.26. The Balaban J connectivity index is 2.53. The molecule has 3 heteroatoms. The highest BCUT2D eigenvalue weighted by atomic mass is 28.3. The van der Waals surface area contributed by atoms with E-state index in [1.54, 1.807) is 5.19 Å². The minimum atomic E-state index is -1.15. The minimum Gasteiger partial charge on any atom is -0.308 e. The third-order valence-corrected chi connectivity index (χ3v) is 5.27. The second-order valence-corrected chi connectivity index (χ2v) is 11.6. The number of hydrogen-bond acceptors (Lipinski definition) is 2. The summed E-state index contributed by atoms with van der Waals surface area (Å²) >= 11 is 0. The van der Waals surface area contributed by atoms with E-state index >= 15 is 0 Å². The molecule has 0 atom stereocenters. The van der Waals surface area contributed by atoms with Crippen LogP contribution in [0.5, 0.6) is 0 Å². The van der Waals surface area contributed by atoms with Crippen LogP contribution in [0.25, 0.3) is 0 Å². The van der Waals surface area contributed by atoms with Crippen LogP contribution in [0.3, 0.4) is 0 Å². The van der Waals surface area contributed by atoms with Crippen molar-refractivity contribution in [2.75, 3.05) is 34.2 Å². The maximum Gasteiger partial charge on any atom is 0.0775 e. The molecule has 1 aromatic rings. The molecule has 2 nitrogen and oxygen atoms in total. The summed E-state index contributed by atoms with van der Waals surface area (Å²) in [6.45, 7) is 10.5. The van der Waals surface area contributed by atoms with E-state index < -0.39 is 8.07 Å². The van der Waals surface area contributed by atoms with Crippen molar-refractivity contribution in [2.24, 2.45) is 0 Å². The van der Waals surface area contributed by atoms with E-state index in [1.165, 1.54) is 5.56 Å². The van der Waals surface area contributed by atoms with Gasteiger partial charge in [0.1, 0.15) is 0 Å². The lowest BCUT2D eigenvalue weighted by molar-refractivity contribution is 0.276. The maximum atomic E-state index is 2.39. The van der Waals surface area contributed by atoms with Crippen LogP contribution in [-0.2, 0) is 6.54 Å². The molecule has 0 aliphatic heterocycles. The molecular formula is C15H28N2Si. The van der Waals surface area contributed by atoms with E-state index in [4.69, 9.17) is 0 Å². The molecule has 1 rings (SSSR count). The zero-order chi connectivity index (χ0) is 13.8. The van der Waals surface area contributed by atoms with Crippen molar-refractivity contribution >= 4 is 13.3 Å². The monoisotopic (exact) mass is 264 g/mol. The van der Waals surface area contributed by atoms with Crippen LogP contribution in [-0.4, -0.2) is 52.1 Å². The second kappa shape index (κ2) is 6.50. The zero-order valence-electron chi connectivity index (χ0n) is 12.8. The fourth-order valence-electron chi connectivity index (χ4n) is 1.87. The fraction of sp³-hybridized carbons (Fsp3) is 0.600. The first-order chi connectivity index (χ1) is 8.29. The summed E-state index contributed by atoms with van der Waals surface area (Å²) in [6, 6.07) is 9.22. The second-order valence-electron chi connectivity index (χ2n) is 6.49. The number of likely N-dealkylation sites (N-methyl/N-ethyl adjacent to an activating group) is 2. The lowest BCUT2D eigenvalue weighted by Crippen LogP contribution is -2.37. The largest absolute Gasteiger partial charge is 0.308 e. The van der Waals surface area contributed by atoms with Gasteiger partial charge in [0.05, 0.1) is 8.07 Å². The maximum absolute atomic E-state index is 2.39. The molecule has 0 fully saturated rings. The third kappa shape index (κ3) is 5.34. The van der Waals surface area contributed by atoms with Gasteiger partial charge in [-0.1, -0.05) is 49.1 Å². The summed E-state index contributed by atoms with van der Waals surface area (Å²) in [4.78, 5) is 4.61. The highest BCUT2D eigenvalue weighted by Crippen LogP contribution is 2.06. The van der Waals surface area contributed by atoms with Gasteiger partial charge in [-0.2, -0.15) is 0 Å². The first kappa shape index (κ1) is 15.4. The lowest BCUT2D eigenvalue weighted by atomic mass is 10.2. The van der Waals surface area contributed by atoms with Crippen molar-refractivity contribution in [3.63, 3.8) is 0 Å². The summed E-state index contributed by atoms with van der Waals surface area (Å²) in [6.07, 6.45) is 0. The minimum absolute atomic E-state index is 1.04. The van der Waals surface area contributed by atoms with E-state index in [0.29, 0.717) is 0 Å². The van der Waals surface area contributed by atoms with Crippen LogP contribution >= 0.6 is 0 Å². The Morgan fingerprint density at radius 3 is 1.89 bits per heavy atom. The van der Waals surface area contributed by atoms with Crippen molar-refractivity contribution in [3.05, 3.63) is 29.8 Å². The van der Waals surface area contributed by atoms with Gasteiger partial charge >= 0.3 is 0 Å². The van der Waals surface area contributed by atoms with Gasteiger partial charge < -0.3 is 9.80 Å². The fourth-order valence-corrected chi connectivity index (χ4v) is 3.04. The summed E-state index contributed by atoms with van der Waals surface area (Å²) in [5.41, 5.74) is 1.42. The lowest BCUT2D eigenvalue weighted by Gasteiger charge is -2.20. The van der Waals surface area contributed by atoms with Crippen LogP contribution in [0.2, 0.25) is 19.6 Å². The van der Waals surface area contributed by atoms with Gasteiger partial charge in [-0.25, -0.2) is 0 Å². The van der Waals surface area contributed by atoms with E-state index in [0.717, 1.165) is 19.6 Å². The smallest absolute Gasteiger partial charge is 0.0775 e. The Morgan fingerprint density at radius 2 is 1.44 bits per heavy atom. The first-order valence-corrected chi connectivity index (χ1v) is 10.2. The highest BCUT2D eigenvalue weighted by Gasteiger charge is 2.15. The molecular weight excluding hydrogens is 236 g/mol. The summed E-state index contributed by atoms with van der Waals surface area (Å²) in [5, 5.41) is 1.54. The normalized spacial score (nSPS) is 12.4. The van der Waals surface area contributed by atoms with Gasteiger partial charge in [0, 0.05) is 19.6 Å². The number of rotatable bonds is 6. The summed E-state index contributed by atoms with van der Waals surface area (Å²) < 4.78 is 0. The molecule has 0 aliphatic rings. The topological polar surface area (TPSA) is 6.48 Å². The van der Waals surface area contributed by atoms with Crippen LogP contribution < -0.4 is 5.19 Å². The van der Waals surface area contributed by atoms with Crippen LogP contribution in [0.15, 0.2) is 24.3 Å². The Labute approximate surface area is 114 Å². The molecule has 0 N–H and O–H groups in total. The number of hydrogen-bond donors (Lipinski definition) is 0. The molecule has 18 heavy (non-hydrogen) atoms. The Hall–Kier alpha value is -0.643. The molecule has 0 heterocycles. The summed E-state index contributed by atoms with van der Waals surface area (Å²) in [7, 11) is 5.29. The van der Waals surface area contributed by atoms with Crippen molar-refractivity contribution in [1.82, 2.24) is 9.80 Å². The standard InChI is InChI=1S/C15H28N2Si/c1-16(2)11-12-17(3)13-14-7-9-15(10-8-14)18(4,5)6/h7-10H,11-13H2,1-6H3. The molecule has 0 unspecified atom stereocenters. The van der Waals surface area contributed by atoms with Crippen molar-refractivity contribution in [3.8, 4) is 0 Å². The molecule has 0 bridgehead atoms. The van der Waals surface area contributed by atoms with Gasteiger partial charge in [0.2, 0.25) is 0 Å². The SMILES string of the molecule is CN(C)CCN(C)Cc1ccc([Si](C)(C)C)cc1. The average molecular weight is 264 g/mol. The Kier molecular flexibility index (Phi) is 5.57. The highest BCUT2D eigenvalue weighted by molar-refractivity contribution is 6.88. The first-order valence-electron chi connectivity index (χ1n) is 6.72. The number of benzene rings is 1. The predicted molar refractivity (Wildman–Crippen MR) is 84.3 cm³/mol. The van der Waals surface area contributed by atoms with E-state index in [1.807, 2.05) is 0 Å². The third-order valence-electron chi connectivity index (χ3n) is 3.20. The molecule has 0 radical (unpaired) electrons. The Bertz CT molecular complexity index is 352. The molecule has 0 amide bonds. The van der Waals surface area contributed by atoms with Crippen LogP contribution in [0.4, 0.5) is 0 Å². The predicted octanol–water partition coefficient (Wildman–Crippen LogP) is 2.23. The molecule has 0 saturated heterocycles. The van der Waals surface area contributed by atoms with Gasteiger partial charge in [-0.05, 0) is 26.7 Å². The summed E-state index contributed by atoms with van der Waals surface area (Å²) in [5.74, 6) is 0. The van der Waals surface area contributed by atoms with E-state index in [-0.39, 0.29) is 0 Å². The van der Waals surface area contributed by atoms with Crippen molar-refractivity contribution in [2.45, 2.75) is 26.2 Å². The van der Waals surface area contributed by atoms with Crippen molar-refractivity contribution in [1.29, 1.82) is 0 Å². The van der Waals surface area contributed by atoms with Crippen LogP contribution in [0, 0.1) is 0 Å². The van der Waals surface area contributed by atoms with Gasteiger partial charge in [0.25, 0.3) is 0 Å². The Morgan fingerprint density at radius 1 is 0.889 bits per heavy atom.